The van der Waals surface area contributed by atoms with Crippen LogP contribution in [0, 0.1) is 0 Å². The molecule has 0 radical (unpaired) electrons. The lowest BCUT2D eigenvalue weighted by Crippen LogP contribution is -2.06. The van der Waals surface area contributed by atoms with E-state index >= 15 is 0 Å². The van der Waals surface area contributed by atoms with Crippen molar-refractivity contribution in [1.29, 1.82) is 0 Å². The van der Waals surface area contributed by atoms with Crippen molar-refractivity contribution >= 4 is 16.8 Å². The standard InChI is InChI=1S/C13H18O4S/c1-3-9-7-11(8-10(4-2)13(9)16)18(17)6-5-12(14)15/h7-8,16H,3-6H2,1-2H3,(H,14,15). The molecule has 100 valence electrons. The Morgan fingerprint density at radius 3 is 2.11 bits per heavy atom. The number of hydrogen-bond acceptors (Lipinski definition) is 3. The molecular weight excluding hydrogens is 252 g/mol. The molecule has 0 aliphatic carbocycles. The number of phenolic OH excluding ortho intramolecular Hbond substituents is 1. The van der Waals surface area contributed by atoms with Crippen LogP contribution in [0.2, 0.25) is 0 Å². The Bertz CT molecular complexity index is 443. The van der Waals surface area contributed by atoms with Crippen LogP contribution in [0.1, 0.15) is 31.4 Å². The van der Waals surface area contributed by atoms with Gasteiger partial charge in [0.1, 0.15) is 5.75 Å². The predicted octanol–water partition coefficient (Wildman–Crippen LogP) is 2.10. The van der Waals surface area contributed by atoms with Gasteiger partial charge in [-0.05, 0) is 36.1 Å². The summed E-state index contributed by atoms with van der Waals surface area (Å²) in [7, 11) is -1.33. The van der Waals surface area contributed by atoms with Crippen molar-refractivity contribution in [2.24, 2.45) is 0 Å². The fourth-order valence-electron chi connectivity index (χ4n) is 1.70. The zero-order valence-electron chi connectivity index (χ0n) is 10.6. The van der Waals surface area contributed by atoms with Crippen LogP contribution in [0.5, 0.6) is 5.75 Å². The Hall–Kier alpha value is -1.36. The molecule has 1 aromatic rings. The van der Waals surface area contributed by atoms with Crippen LogP contribution in [0.3, 0.4) is 0 Å². The first-order valence-corrected chi connectivity index (χ1v) is 7.26. The Labute approximate surface area is 109 Å². The first-order valence-electron chi connectivity index (χ1n) is 5.94. The normalized spacial score (nSPS) is 12.3. The number of aryl methyl sites for hydroxylation is 2. The Morgan fingerprint density at radius 2 is 1.72 bits per heavy atom. The number of hydrogen-bond donors (Lipinski definition) is 2. The fourth-order valence-corrected chi connectivity index (χ4v) is 2.84. The van der Waals surface area contributed by atoms with Gasteiger partial charge in [0.25, 0.3) is 0 Å². The minimum Gasteiger partial charge on any atom is -0.507 e. The van der Waals surface area contributed by atoms with Crippen molar-refractivity contribution in [1.82, 2.24) is 0 Å². The number of rotatable bonds is 6. The monoisotopic (exact) mass is 270 g/mol. The summed E-state index contributed by atoms with van der Waals surface area (Å²) >= 11 is 0. The zero-order valence-corrected chi connectivity index (χ0v) is 11.4. The Morgan fingerprint density at radius 1 is 1.22 bits per heavy atom. The SMILES string of the molecule is CCc1cc(S(=O)CCC(=O)O)cc(CC)c1O. The van der Waals surface area contributed by atoms with Gasteiger partial charge >= 0.3 is 5.97 Å². The van der Waals surface area contributed by atoms with E-state index in [1.165, 1.54) is 0 Å². The molecule has 0 aromatic heterocycles. The summed E-state index contributed by atoms with van der Waals surface area (Å²) in [6, 6.07) is 3.40. The smallest absolute Gasteiger partial charge is 0.304 e. The second-order valence-electron chi connectivity index (χ2n) is 3.99. The van der Waals surface area contributed by atoms with Gasteiger partial charge in [-0.3, -0.25) is 9.00 Å². The van der Waals surface area contributed by atoms with Crippen LogP contribution < -0.4 is 0 Å². The van der Waals surface area contributed by atoms with Gasteiger partial charge in [-0.1, -0.05) is 13.8 Å². The van der Waals surface area contributed by atoms with E-state index in [-0.39, 0.29) is 17.9 Å². The molecular formula is C13H18O4S. The molecule has 2 N–H and O–H groups in total. The summed E-state index contributed by atoms with van der Waals surface area (Å²) in [5.41, 5.74) is 1.51. The highest BCUT2D eigenvalue weighted by molar-refractivity contribution is 7.85. The van der Waals surface area contributed by atoms with Gasteiger partial charge in [-0.2, -0.15) is 0 Å². The molecule has 1 atom stereocenters. The molecule has 0 saturated carbocycles. The van der Waals surface area contributed by atoms with Crippen LogP contribution in [-0.2, 0) is 28.4 Å². The van der Waals surface area contributed by atoms with E-state index in [1.54, 1.807) is 12.1 Å². The number of carboxylic acid groups (broad SMARTS) is 1. The van der Waals surface area contributed by atoms with Crippen molar-refractivity contribution in [3.8, 4) is 5.75 Å². The van der Waals surface area contributed by atoms with E-state index in [0.29, 0.717) is 17.7 Å². The minimum absolute atomic E-state index is 0.104. The van der Waals surface area contributed by atoms with Crippen molar-refractivity contribution in [3.63, 3.8) is 0 Å². The third kappa shape index (κ3) is 3.57. The van der Waals surface area contributed by atoms with Crippen LogP contribution in [0.25, 0.3) is 0 Å². The van der Waals surface area contributed by atoms with Crippen molar-refractivity contribution in [2.45, 2.75) is 38.0 Å². The van der Waals surface area contributed by atoms with Gasteiger partial charge in [0, 0.05) is 10.6 Å². The van der Waals surface area contributed by atoms with E-state index in [1.807, 2.05) is 13.8 Å². The van der Waals surface area contributed by atoms with Gasteiger partial charge in [0.2, 0.25) is 0 Å². The Balaban J connectivity index is 3.02. The van der Waals surface area contributed by atoms with E-state index < -0.39 is 16.8 Å². The molecule has 0 spiro atoms. The summed E-state index contributed by atoms with van der Waals surface area (Å²) in [6.45, 7) is 3.83. The third-order valence-corrected chi connectivity index (χ3v) is 4.10. The summed E-state index contributed by atoms with van der Waals surface area (Å²) < 4.78 is 12.0. The fraction of sp³-hybridized carbons (Fsp3) is 0.462. The number of phenols is 1. The molecule has 0 fully saturated rings. The topological polar surface area (TPSA) is 74.6 Å². The molecule has 1 unspecified atom stereocenters. The summed E-state index contributed by atoms with van der Waals surface area (Å²) in [5, 5.41) is 18.5. The molecule has 4 nitrogen and oxygen atoms in total. The summed E-state index contributed by atoms with van der Waals surface area (Å²) in [4.78, 5) is 11.1. The van der Waals surface area contributed by atoms with Gasteiger partial charge < -0.3 is 10.2 Å². The van der Waals surface area contributed by atoms with Crippen LogP contribution >= 0.6 is 0 Å². The van der Waals surface area contributed by atoms with Crippen molar-refractivity contribution in [3.05, 3.63) is 23.3 Å². The maximum absolute atomic E-state index is 12.0. The zero-order chi connectivity index (χ0) is 13.7. The number of aliphatic carboxylic acids is 1. The number of carboxylic acids is 1. The lowest BCUT2D eigenvalue weighted by molar-refractivity contribution is -0.136. The highest BCUT2D eigenvalue weighted by atomic mass is 32.2. The third-order valence-electron chi connectivity index (χ3n) is 2.77. The molecule has 0 aliphatic rings. The highest BCUT2D eigenvalue weighted by Crippen LogP contribution is 2.27. The highest BCUT2D eigenvalue weighted by Gasteiger charge is 2.12. The van der Waals surface area contributed by atoms with Crippen LogP contribution in [0.15, 0.2) is 17.0 Å². The molecule has 5 heteroatoms. The average Bonchev–Trinajstić information content (AvgIpc) is 2.36. The maximum atomic E-state index is 12.0. The van der Waals surface area contributed by atoms with E-state index in [2.05, 4.69) is 0 Å². The van der Waals surface area contributed by atoms with Crippen LogP contribution in [-0.4, -0.2) is 26.1 Å². The van der Waals surface area contributed by atoms with Gasteiger partial charge in [0.05, 0.1) is 17.2 Å². The first-order chi connectivity index (χ1) is 8.49. The molecule has 18 heavy (non-hydrogen) atoms. The molecule has 1 rings (SSSR count). The number of benzene rings is 1. The number of carbonyl (C=O) groups is 1. The van der Waals surface area contributed by atoms with Crippen molar-refractivity contribution < 1.29 is 19.2 Å². The van der Waals surface area contributed by atoms with E-state index in [0.717, 1.165) is 11.1 Å². The van der Waals surface area contributed by atoms with Crippen LogP contribution in [0.4, 0.5) is 0 Å². The lowest BCUT2D eigenvalue weighted by atomic mass is 10.1. The maximum Gasteiger partial charge on any atom is 0.304 e. The van der Waals surface area contributed by atoms with Gasteiger partial charge in [0.15, 0.2) is 0 Å². The van der Waals surface area contributed by atoms with E-state index in [9.17, 15) is 14.1 Å². The molecule has 0 bridgehead atoms. The van der Waals surface area contributed by atoms with Crippen molar-refractivity contribution in [2.75, 3.05) is 5.75 Å². The number of aromatic hydroxyl groups is 1. The molecule has 1 aromatic carbocycles. The van der Waals surface area contributed by atoms with Gasteiger partial charge in [-0.25, -0.2) is 0 Å². The molecule has 0 aliphatic heterocycles. The molecule has 0 heterocycles. The first kappa shape index (κ1) is 14.7. The summed E-state index contributed by atoms with van der Waals surface area (Å²) in [6.07, 6.45) is 1.20. The average molecular weight is 270 g/mol. The quantitative estimate of drug-likeness (QED) is 0.830. The van der Waals surface area contributed by atoms with Gasteiger partial charge in [-0.15, -0.1) is 0 Å². The minimum atomic E-state index is -1.33. The second-order valence-corrected chi connectivity index (χ2v) is 5.56. The predicted molar refractivity (Wildman–Crippen MR) is 70.4 cm³/mol. The lowest BCUT2D eigenvalue weighted by Gasteiger charge is -2.10. The van der Waals surface area contributed by atoms with E-state index in [4.69, 9.17) is 5.11 Å². The second kappa shape index (κ2) is 6.54. The largest absolute Gasteiger partial charge is 0.507 e. The Kier molecular flexibility index (Phi) is 5.34. The molecule has 0 saturated heterocycles. The summed E-state index contributed by atoms with van der Waals surface area (Å²) in [5.74, 6) is -0.584. The molecule has 0 amide bonds.